The molecule has 0 saturated heterocycles. The molecule has 0 saturated carbocycles. The van der Waals surface area contributed by atoms with Gasteiger partial charge in [-0.25, -0.2) is 10.2 Å². The number of hydrogen-bond donors (Lipinski definition) is 5. The highest BCUT2D eigenvalue weighted by Gasteiger charge is 2.24. The molecule has 0 aliphatic rings. The van der Waals surface area contributed by atoms with Crippen LogP contribution in [0.3, 0.4) is 0 Å². The molecule has 0 fully saturated rings. The van der Waals surface area contributed by atoms with Gasteiger partial charge in [0.25, 0.3) is 11.7 Å². The van der Waals surface area contributed by atoms with Gasteiger partial charge in [0, 0.05) is 12.8 Å². The molecule has 170 valence electrons. The number of carbonyl (C=O) groups is 1. The first kappa shape index (κ1) is 24.5. The Morgan fingerprint density at radius 3 is 2.62 bits per heavy atom. The molecule has 0 aromatic heterocycles. The third-order valence-corrected chi connectivity index (χ3v) is 4.75. The van der Waals surface area contributed by atoms with Crippen LogP contribution in [-0.4, -0.2) is 53.3 Å². The van der Waals surface area contributed by atoms with E-state index < -0.39 is 0 Å². The Labute approximate surface area is 187 Å². The summed E-state index contributed by atoms with van der Waals surface area (Å²) < 4.78 is 13.1. The molecule has 10 heteroatoms. The molecule has 0 spiro atoms. The Hall–Kier alpha value is -3.79. The summed E-state index contributed by atoms with van der Waals surface area (Å²) in [7, 11) is 0. The minimum atomic E-state index is -0.356. The van der Waals surface area contributed by atoms with Gasteiger partial charge in [-0.3, -0.25) is 16.0 Å². The maximum absolute atomic E-state index is 13.3. The molecule has 0 bridgehead atoms. The second-order valence-corrected chi connectivity index (χ2v) is 7.23. The number of halogens is 1. The molecule has 2 aromatic carbocycles. The number of likely N-dealkylation sites (N-methyl/N-ethyl adjacent to an activating group) is 1. The SMILES string of the molecule is CCN(C(=O)c1cc(C)ccc1N/N=C\C=N)[C@@H](C)CN(N)/[NH+]=C(\N)c1ccc(F)cc1. The third kappa shape index (κ3) is 6.61. The van der Waals surface area contributed by atoms with E-state index in [1.54, 1.807) is 29.2 Å². The van der Waals surface area contributed by atoms with Crippen LogP contribution >= 0.6 is 0 Å². The van der Waals surface area contributed by atoms with Gasteiger partial charge in [0.2, 0.25) is 0 Å². The van der Waals surface area contributed by atoms with Crippen LogP contribution in [0.1, 0.15) is 35.3 Å². The van der Waals surface area contributed by atoms with Gasteiger partial charge >= 0.3 is 0 Å². The predicted octanol–water partition coefficient (Wildman–Crippen LogP) is 0.609. The van der Waals surface area contributed by atoms with Crippen LogP contribution in [-0.2, 0) is 0 Å². The van der Waals surface area contributed by atoms with Gasteiger partial charge < -0.3 is 10.3 Å². The van der Waals surface area contributed by atoms with Gasteiger partial charge in [-0.15, -0.1) is 0 Å². The first-order valence-electron chi connectivity index (χ1n) is 10.1. The summed E-state index contributed by atoms with van der Waals surface area (Å²) in [5, 5.41) is 15.1. The van der Waals surface area contributed by atoms with E-state index in [2.05, 4.69) is 15.6 Å². The lowest BCUT2D eigenvalue weighted by atomic mass is 10.1. The fourth-order valence-electron chi connectivity index (χ4n) is 3.16. The molecule has 32 heavy (non-hydrogen) atoms. The summed E-state index contributed by atoms with van der Waals surface area (Å²) in [6, 6.07) is 10.9. The van der Waals surface area contributed by atoms with Gasteiger partial charge in [-0.05, 0) is 57.2 Å². The summed E-state index contributed by atoms with van der Waals surface area (Å²) in [6.07, 6.45) is 2.33. The highest BCUT2D eigenvalue weighted by atomic mass is 19.1. The van der Waals surface area contributed by atoms with Crippen molar-refractivity contribution in [1.29, 1.82) is 5.41 Å². The minimum Gasteiger partial charge on any atom is -0.334 e. The number of aryl methyl sites for hydroxylation is 1. The van der Waals surface area contributed by atoms with Crippen LogP contribution in [0.2, 0.25) is 0 Å². The fraction of sp³-hybridized carbons (Fsp3) is 0.273. The summed E-state index contributed by atoms with van der Waals surface area (Å²) >= 11 is 0. The number of nitrogens with one attached hydrogen (secondary N) is 3. The van der Waals surface area contributed by atoms with E-state index in [-0.39, 0.29) is 30.1 Å². The zero-order chi connectivity index (χ0) is 23.7. The van der Waals surface area contributed by atoms with Gasteiger partial charge in [-0.2, -0.15) is 15.3 Å². The second-order valence-electron chi connectivity index (χ2n) is 7.23. The highest BCUT2D eigenvalue weighted by molar-refractivity contribution is 6.14. The molecular formula is C22H30FN8O+. The summed E-state index contributed by atoms with van der Waals surface area (Å²) in [5.74, 6) is 5.80. The fourth-order valence-corrected chi connectivity index (χ4v) is 3.16. The lowest BCUT2D eigenvalue weighted by molar-refractivity contribution is -0.650. The number of nitrogen functional groups attached to an aromatic ring is 1. The summed E-state index contributed by atoms with van der Waals surface area (Å²) in [5.41, 5.74) is 11.4. The second kappa shape index (κ2) is 11.6. The molecular weight excluding hydrogens is 411 g/mol. The Morgan fingerprint density at radius 1 is 1.31 bits per heavy atom. The lowest BCUT2D eigenvalue weighted by Gasteiger charge is -2.30. The lowest BCUT2D eigenvalue weighted by Crippen LogP contribution is -2.89. The quantitative estimate of drug-likeness (QED) is 0.159. The Bertz CT molecular complexity index is 990. The average molecular weight is 442 g/mol. The molecule has 2 aromatic rings. The number of hydrazone groups is 2. The number of benzene rings is 2. The zero-order valence-electron chi connectivity index (χ0n) is 18.5. The highest BCUT2D eigenvalue weighted by Crippen LogP contribution is 2.20. The normalized spacial score (nSPS) is 12.5. The zero-order valence-corrected chi connectivity index (χ0v) is 18.5. The summed E-state index contributed by atoms with van der Waals surface area (Å²) in [6.45, 7) is 6.41. The Kier molecular flexibility index (Phi) is 8.84. The molecule has 0 radical (unpaired) electrons. The van der Waals surface area contributed by atoms with Crippen molar-refractivity contribution in [2.45, 2.75) is 26.8 Å². The molecule has 1 atom stereocenters. The standard InChI is InChI=1S/C22H29FN8O/c1-4-30(22(32)19-13-15(2)5-10-20(19)28-27-12-11-24)16(3)14-31(26)29-21(25)17-6-8-18(23)9-7-17/h5-13,16,24,28H,4,14,26H2,1-3H3,(H2,25,29)/p+1/b24-11?,27-12-/t16-/m0/s1. The van der Waals surface area contributed by atoms with Gasteiger partial charge in [0.15, 0.2) is 0 Å². The van der Waals surface area contributed by atoms with Crippen molar-refractivity contribution in [3.05, 3.63) is 65.0 Å². The van der Waals surface area contributed by atoms with E-state index in [1.165, 1.54) is 23.5 Å². The van der Waals surface area contributed by atoms with Crippen LogP contribution in [0.4, 0.5) is 10.1 Å². The van der Waals surface area contributed by atoms with E-state index >= 15 is 0 Å². The van der Waals surface area contributed by atoms with E-state index in [0.717, 1.165) is 11.8 Å². The van der Waals surface area contributed by atoms with E-state index in [9.17, 15) is 9.18 Å². The van der Waals surface area contributed by atoms with Gasteiger partial charge in [-0.1, -0.05) is 11.6 Å². The van der Waals surface area contributed by atoms with Crippen molar-refractivity contribution in [1.82, 2.24) is 10.0 Å². The number of carbonyl (C=O) groups excluding carboxylic acids is 1. The average Bonchev–Trinajstić information content (AvgIpc) is 2.75. The number of amides is 1. The number of hydrogen-bond acceptors (Lipinski definition) is 6. The topological polar surface area (TPSA) is 138 Å². The molecule has 0 aliphatic heterocycles. The Balaban J connectivity index is 2.17. The Morgan fingerprint density at radius 2 is 2.00 bits per heavy atom. The number of hydrazine groups is 2. The van der Waals surface area contributed by atoms with Crippen LogP contribution < -0.4 is 22.1 Å². The molecule has 1 amide bonds. The number of nitrogens with zero attached hydrogens (tertiary/aromatic N) is 3. The monoisotopic (exact) mass is 441 g/mol. The molecule has 0 aliphatic carbocycles. The predicted molar refractivity (Wildman–Crippen MR) is 125 cm³/mol. The maximum atomic E-state index is 13.3. The molecule has 7 N–H and O–H groups in total. The largest absolute Gasteiger partial charge is 0.334 e. The van der Waals surface area contributed by atoms with Crippen molar-refractivity contribution in [3.63, 3.8) is 0 Å². The van der Waals surface area contributed by atoms with E-state index in [1.807, 2.05) is 26.8 Å². The smallest absolute Gasteiger partial charge is 0.297 e. The number of nitrogens with two attached hydrogens (primary N) is 2. The number of anilines is 1. The van der Waals surface area contributed by atoms with Crippen molar-refractivity contribution >= 4 is 29.9 Å². The molecule has 2 rings (SSSR count). The maximum Gasteiger partial charge on any atom is 0.297 e. The first-order chi connectivity index (χ1) is 15.3. The number of rotatable bonds is 10. The molecule has 9 nitrogen and oxygen atoms in total. The number of amidine groups is 1. The minimum absolute atomic E-state index is 0.180. The van der Waals surface area contributed by atoms with Crippen molar-refractivity contribution in [2.75, 3.05) is 18.5 Å². The first-order valence-corrected chi connectivity index (χ1v) is 10.1. The van der Waals surface area contributed by atoms with Crippen LogP contribution in [0, 0.1) is 18.2 Å². The summed E-state index contributed by atoms with van der Waals surface area (Å²) in [4.78, 5) is 15.0. The third-order valence-electron chi connectivity index (χ3n) is 4.75. The molecule has 0 heterocycles. The van der Waals surface area contributed by atoms with Gasteiger partial charge in [0.1, 0.15) is 5.82 Å². The molecule has 0 unspecified atom stereocenters. The van der Waals surface area contributed by atoms with E-state index in [0.29, 0.717) is 23.4 Å². The van der Waals surface area contributed by atoms with Gasteiger partial charge in [0.05, 0.1) is 35.6 Å². The van der Waals surface area contributed by atoms with Crippen LogP contribution in [0.25, 0.3) is 0 Å². The van der Waals surface area contributed by atoms with E-state index in [4.69, 9.17) is 17.0 Å². The van der Waals surface area contributed by atoms with Crippen molar-refractivity contribution in [3.8, 4) is 0 Å². The van der Waals surface area contributed by atoms with Crippen molar-refractivity contribution < 1.29 is 14.3 Å². The van der Waals surface area contributed by atoms with Crippen LogP contribution in [0.15, 0.2) is 47.6 Å². The van der Waals surface area contributed by atoms with Crippen LogP contribution in [0.5, 0.6) is 0 Å². The van der Waals surface area contributed by atoms with Crippen molar-refractivity contribution in [2.24, 2.45) is 16.7 Å².